The molecule has 5 heteroatoms. The van der Waals surface area contributed by atoms with E-state index in [0.29, 0.717) is 24.7 Å². The standard InChI is InChI=1S/C15H22N2O3/c1-11(2)10-20-9-8-14(18)16-17-15(19)13-7-5-4-6-12(13)3/h4-7,11H,8-10H2,1-3H3,(H,16,18)(H,17,19). The van der Waals surface area contributed by atoms with Crippen LogP contribution in [0.5, 0.6) is 0 Å². The zero-order chi connectivity index (χ0) is 15.0. The van der Waals surface area contributed by atoms with E-state index in [9.17, 15) is 9.59 Å². The number of ether oxygens (including phenoxy) is 1. The van der Waals surface area contributed by atoms with Gasteiger partial charge >= 0.3 is 0 Å². The average Bonchev–Trinajstić information content (AvgIpc) is 2.41. The summed E-state index contributed by atoms with van der Waals surface area (Å²) in [5.74, 6) is -0.144. The Bertz CT molecular complexity index is 458. The van der Waals surface area contributed by atoms with Gasteiger partial charge in [0.25, 0.3) is 5.91 Å². The van der Waals surface area contributed by atoms with Crippen molar-refractivity contribution in [1.29, 1.82) is 0 Å². The van der Waals surface area contributed by atoms with Crippen LogP contribution in [0.3, 0.4) is 0 Å². The number of rotatable bonds is 6. The lowest BCUT2D eigenvalue weighted by Gasteiger charge is -2.10. The van der Waals surface area contributed by atoms with Crippen LogP contribution in [0.2, 0.25) is 0 Å². The zero-order valence-electron chi connectivity index (χ0n) is 12.2. The van der Waals surface area contributed by atoms with E-state index in [0.717, 1.165) is 5.56 Å². The first-order valence-electron chi connectivity index (χ1n) is 6.73. The smallest absolute Gasteiger partial charge is 0.269 e. The molecule has 0 saturated heterocycles. The second-order valence-corrected chi connectivity index (χ2v) is 5.04. The maximum Gasteiger partial charge on any atom is 0.269 e. The van der Waals surface area contributed by atoms with Crippen LogP contribution < -0.4 is 10.9 Å². The van der Waals surface area contributed by atoms with E-state index in [2.05, 4.69) is 10.9 Å². The van der Waals surface area contributed by atoms with Gasteiger partial charge in [-0.3, -0.25) is 20.4 Å². The first kappa shape index (κ1) is 16.2. The monoisotopic (exact) mass is 278 g/mol. The van der Waals surface area contributed by atoms with Gasteiger partial charge in [0.05, 0.1) is 13.0 Å². The quantitative estimate of drug-likeness (QED) is 0.616. The lowest BCUT2D eigenvalue weighted by Crippen LogP contribution is -2.42. The normalized spacial score (nSPS) is 10.4. The zero-order valence-corrected chi connectivity index (χ0v) is 12.2. The summed E-state index contributed by atoms with van der Waals surface area (Å²) in [6.45, 7) is 6.91. The van der Waals surface area contributed by atoms with Crippen molar-refractivity contribution in [3.63, 3.8) is 0 Å². The molecule has 0 aliphatic rings. The Labute approximate surface area is 119 Å². The van der Waals surface area contributed by atoms with Crippen molar-refractivity contribution < 1.29 is 14.3 Å². The number of carbonyl (C=O) groups excluding carboxylic acids is 2. The van der Waals surface area contributed by atoms with Gasteiger partial charge < -0.3 is 4.74 Å². The first-order valence-corrected chi connectivity index (χ1v) is 6.73. The Morgan fingerprint density at radius 2 is 1.90 bits per heavy atom. The maximum atomic E-state index is 11.8. The lowest BCUT2D eigenvalue weighted by molar-refractivity contribution is -0.123. The van der Waals surface area contributed by atoms with Crippen LogP contribution in [0.4, 0.5) is 0 Å². The third-order valence-electron chi connectivity index (χ3n) is 2.63. The minimum Gasteiger partial charge on any atom is -0.381 e. The number of aryl methyl sites for hydroxylation is 1. The Morgan fingerprint density at radius 3 is 2.55 bits per heavy atom. The molecule has 0 aromatic heterocycles. The van der Waals surface area contributed by atoms with Crippen LogP contribution in [-0.4, -0.2) is 25.0 Å². The van der Waals surface area contributed by atoms with E-state index in [1.807, 2.05) is 32.9 Å². The van der Waals surface area contributed by atoms with E-state index in [1.54, 1.807) is 12.1 Å². The van der Waals surface area contributed by atoms with Crippen LogP contribution in [0, 0.1) is 12.8 Å². The molecule has 0 atom stereocenters. The third kappa shape index (κ3) is 5.84. The molecule has 0 radical (unpaired) electrons. The molecule has 110 valence electrons. The molecule has 0 aliphatic carbocycles. The largest absolute Gasteiger partial charge is 0.381 e. The van der Waals surface area contributed by atoms with Crippen LogP contribution >= 0.6 is 0 Å². The Kier molecular flexibility index (Phi) is 6.73. The van der Waals surface area contributed by atoms with Gasteiger partial charge in [-0.25, -0.2) is 0 Å². The van der Waals surface area contributed by atoms with Crippen LogP contribution in [0.15, 0.2) is 24.3 Å². The fraction of sp³-hybridized carbons (Fsp3) is 0.467. The van der Waals surface area contributed by atoms with Crippen LogP contribution in [-0.2, 0) is 9.53 Å². The van der Waals surface area contributed by atoms with Gasteiger partial charge in [-0.05, 0) is 24.5 Å². The highest BCUT2D eigenvalue weighted by Gasteiger charge is 2.09. The molecule has 5 nitrogen and oxygen atoms in total. The minimum atomic E-state index is -0.320. The molecule has 0 saturated carbocycles. The Balaban J connectivity index is 2.27. The molecule has 0 spiro atoms. The average molecular weight is 278 g/mol. The van der Waals surface area contributed by atoms with Crippen molar-refractivity contribution in [2.24, 2.45) is 5.92 Å². The summed E-state index contributed by atoms with van der Waals surface area (Å²) in [6, 6.07) is 7.19. The summed E-state index contributed by atoms with van der Waals surface area (Å²) in [5.41, 5.74) is 6.18. The molecule has 1 aromatic rings. The molecule has 1 rings (SSSR count). The van der Waals surface area contributed by atoms with E-state index in [1.165, 1.54) is 0 Å². The molecule has 0 unspecified atom stereocenters. The highest BCUT2D eigenvalue weighted by atomic mass is 16.5. The van der Waals surface area contributed by atoms with Crippen molar-refractivity contribution in [2.75, 3.05) is 13.2 Å². The Morgan fingerprint density at radius 1 is 1.20 bits per heavy atom. The van der Waals surface area contributed by atoms with Gasteiger partial charge in [0.1, 0.15) is 0 Å². The van der Waals surface area contributed by atoms with Gasteiger partial charge in [-0.2, -0.15) is 0 Å². The van der Waals surface area contributed by atoms with Crippen molar-refractivity contribution >= 4 is 11.8 Å². The number of hydrogen-bond acceptors (Lipinski definition) is 3. The maximum absolute atomic E-state index is 11.8. The van der Waals surface area contributed by atoms with Crippen LogP contribution in [0.25, 0.3) is 0 Å². The van der Waals surface area contributed by atoms with Gasteiger partial charge in [0.2, 0.25) is 5.91 Å². The Hall–Kier alpha value is -1.88. The third-order valence-corrected chi connectivity index (χ3v) is 2.63. The summed E-state index contributed by atoms with van der Waals surface area (Å²) < 4.78 is 5.30. The fourth-order valence-electron chi connectivity index (χ4n) is 1.57. The summed E-state index contributed by atoms with van der Waals surface area (Å²) in [5, 5.41) is 0. The molecule has 0 aliphatic heterocycles. The molecule has 2 N–H and O–H groups in total. The summed E-state index contributed by atoms with van der Waals surface area (Å²) in [4.78, 5) is 23.3. The summed E-state index contributed by atoms with van der Waals surface area (Å²) in [6.07, 6.45) is 0.223. The number of carbonyl (C=O) groups is 2. The molecule has 20 heavy (non-hydrogen) atoms. The minimum absolute atomic E-state index is 0.223. The molecule has 0 fully saturated rings. The van der Waals surface area contributed by atoms with Gasteiger partial charge in [0, 0.05) is 12.2 Å². The first-order chi connectivity index (χ1) is 9.50. The molecular weight excluding hydrogens is 256 g/mol. The van der Waals surface area contributed by atoms with Crippen molar-refractivity contribution in [3.05, 3.63) is 35.4 Å². The predicted molar refractivity (Wildman–Crippen MR) is 77.1 cm³/mol. The molecular formula is C15H22N2O3. The summed E-state index contributed by atoms with van der Waals surface area (Å²) in [7, 11) is 0. The lowest BCUT2D eigenvalue weighted by atomic mass is 10.1. The second kappa shape index (κ2) is 8.32. The number of hydrazine groups is 1. The molecule has 0 heterocycles. The van der Waals surface area contributed by atoms with Crippen molar-refractivity contribution in [1.82, 2.24) is 10.9 Å². The second-order valence-electron chi connectivity index (χ2n) is 5.04. The SMILES string of the molecule is Cc1ccccc1C(=O)NNC(=O)CCOCC(C)C. The highest BCUT2D eigenvalue weighted by molar-refractivity contribution is 5.96. The van der Waals surface area contributed by atoms with E-state index in [4.69, 9.17) is 4.74 Å². The van der Waals surface area contributed by atoms with E-state index < -0.39 is 0 Å². The molecule has 1 aromatic carbocycles. The molecule has 0 bridgehead atoms. The molecule has 2 amide bonds. The topological polar surface area (TPSA) is 67.4 Å². The van der Waals surface area contributed by atoms with Crippen molar-refractivity contribution in [2.45, 2.75) is 27.2 Å². The fourth-order valence-corrected chi connectivity index (χ4v) is 1.57. The van der Waals surface area contributed by atoms with Gasteiger partial charge in [-0.15, -0.1) is 0 Å². The summed E-state index contributed by atoms with van der Waals surface area (Å²) >= 11 is 0. The van der Waals surface area contributed by atoms with E-state index >= 15 is 0 Å². The van der Waals surface area contributed by atoms with Crippen molar-refractivity contribution in [3.8, 4) is 0 Å². The van der Waals surface area contributed by atoms with Gasteiger partial charge in [0.15, 0.2) is 0 Å². The number of amides is 2. The highest BCUT2D eigenvalue weighted by Crippen LogP contribution is 2.05. The van der Waals surface area contributed by atoms with E-state index in [-0.39, 0.29) is 18.2 Å². The van der Waals surface area contributed by atoms with Gasteiger partial charge in [-0.1, -0.05) is 32.0 Å². The number of nitrogens with one attached hydrogen (secondary N) is 2. The van der Waals surface area contributed by atoms with Crippen LogP contribution in [0.1, 0.15) is 36.2 Å². The number of hydrogen-bond donors (Lipinski definition) is 2. The predicted octanol–water partition coefficient (Wildman–Crippen LogP) is 1.82. The number of benzene rings is 1.